The number of halogens is 3. The lowest BCUT2D eigenvalue weighted by molar-refractivity contribution is -0.140. The van der Waals surface area contributed by atoms with E-state index in [1.165, 1.54) is 42.1 Å². The highest BCUT2D eigenvalue weighted by molar-refractivity contribution is 5.72. The average Bonchev–Trinajstić information content (AvgIpc) is 3.24. The second-order valence-electron chi connectivity index (χ2n) is 6.68. The summed E-state index contributed by atoms with van der Waals surface area (Å²) in [5.74, 6) is -0.500. The first-order chi connectivity index (χ1) is 15.3. The number of esters is 1. The summed E-state index contributed by atoms with van der Waals surface area (Å²) in [6, 6.07) is 14.5. The number of rotatable bonds is 6. The monoisotopic (exact) mass is 443 g/mol. The molecule has 0 bridgehead atoms. The van der Waals surface area contributed by atoms with E-state index in [4.69, 9.17) is 9.47 Å². The maximum Gasteiger partial charge on any atom is 0.420 e. The number of benzene rings is 2. The molecule has 32 heavy (non-hydrogen) atoms. The number of carbonyl (C=O) groups excluding carboxylic acids is 1. The zero-order valence-corrected chi connectivity index (χ0v) is 16.7. The van der Waals surface area contributed by atoms with Crippen molar-refractivity contribution >= 4 is 11.6 Å². The molecule has 0 aliphatic carbocycles. The molecule has 164 valence electrons. The van der Waals surface area contributed by atoms with Gasteiger partial charge in [-0.1, -0.05) is 18.2 Å². The van der Waals surface area contributed by atoms with Gasteiger partial charge in [-0.3, -0.25) is 9.20 Å². The van der Waals surface area contributed by atoms with Crippen molar-refractivity contribution in [3.05, 3.63) is 78.1 Å². The van der Waals surface area contributed by atoms with Gasteiger partial charge in [0.05, 0.1) is 13.5 Å². The van der Waals surface area contributed by atoms with Crippen molar-refractivity contribution in [3.63, 3.8) is 0 Å². The summed E-state index contributed by atoms with van der Waals surface area (Å²) in [6.07, 6.45) is -3.32. The minimum atomic E-state index is -4.69. The third kappa shape index (κ3) is 4.64. The Balaban J connectivity index is 1.63. The van der Waals surface area contributed by atoms with Gasteiger partial charge in [0, 0.05) is 0 Å². The molecule has 0 fully saturated rings. The van der Waals surface area contributed by atoms with E-state index in [0.29, 0.717) is 11.2 Å². The van der Waals surface area contributed by atoms with E-state index >= 15 is 0 Å². The van der Waals surface area contributed by atoms with Crippen molar-refractivity contribution < 1.29 is 32.2 Å². The smallest absolute Gasteiger partial charge is 0.420 e. The molecule has 0 aliphatic heterocycles. The number of hydrogen-bond donors (Lipinski definition) is 0. The van der Waals surface area contributed by atoms with Gasteiger partial charge in [-0.05, 0) is 48.0 Å². The molecule has 10 heteroatoms. The molecule has 0 amide bonds. The fourth-order valence-corrected chi connectivity index (χ4v) is 3.00. The van der Waals surface area contributed by atoms with Gasteiger partial charge in [0.15, 0.2) is 5.65 Å². The number of carbonyl (C=O) groups is 1. The van der Waals surface area contributed by atoms with E-state index in [0.717, 1.165) is 6.07 Å². The molecule has 2 aromatic carbocycles. The number of pyridine rings is 1. The molecule has 7 nitrogen and oxygen atoms in total. The summed E-state index contributed by atoms with van der Waals surface area (Å²) in [4.78, 5) is 11.5. The van der Waals surface area contributed by atoms with Crippen LogP contribution in [-0.4, -0.2) is 27.7 Å². The summed E-state index contributed by atoms with van der Waals surface area (Å²) in [5, 5.41) is 7.63. The quantitative estimate of drug-likeness (QED) is 0.389. The van der Waals surface area contributed by atoms with Crippen LogP contribution in [0.25, 0.3) is 5.65 Å². The van der Waals surface area contributed by atoms with Crippen LogP contribution in [0.5, 0.6) is 23.1 Å². The Morgan fingerprint density at radius 3 is 2.56 bits per heavy atom. The molecule has 2 heterocycles. The molecule has 4 rings (SSSR count). The number of ether oxygens (including phenoxy) is 3. The van der Waals surface area contributed by atoms with Gasteiger partial charge in [-0.15, -0.1) is 10.2 Å². The Hall–Kier alpha value is -4.08. The van der Waals surface area contributed by atoms with Crippen LogP contribution in [0, 0.1) is 0 Å². The number of methoxy groups -OCH3 is 1. The first-order valence-electron chi connectivity index (χ1n) is 9.35. The molecular formula is C22H16F3N3O4. The molecule has 2 aromatic heterocycles. The highest BCUT2D eigenvalue weighted by atomic mass is 19.4. The summed E-state index contributed by atoms with van der Waals surface area (Å²) < 4.78 is 58.5. The first-order valence-corrected chi connectivity index (χ1v) is 9.35. The van der Waals surface area contributed by atoms with Crippen molar-refractivity contribution in [2.45, 2.75) is 12.6 Å². The van der Waals surface area contributed by atoms with Crippen molar-refractivity contribution in [1.82, 2.24) is 14.6 Å². The van der Waals surface area contributed by atoms with E-state index < -0.39 is 23.5 Å². The number of hydrogen-bond acceptors (Lipinski definition) is 6. The summed E-state index contributed by atoms with van der Waals surface area (Å²) >= 11 is 0. The Morgan fingerprint density at radius 1 is 1.00 bits per heavy atom. The average molecular weight is 443 g/mol. The third-order valence-electron chi connectivity index (χ3n) is 4.48. The SMILES string of the molecule is COC(=O)Cc1cccc(Oc2ccc(Oc3cccc4nncn34)cc2C(F)(F)F)c1. The topological polar surface area (TPSA) is 75.0 Å². The third-order valence-corrected chi connectivity index (χ3v) is 4.48. The number of aromatic nitrogens is 3. The van der Waals surface area contributed by atoms with E-state index in [2.05, 4.69) is 14.9 Å². The molecule has 0 N–H and O–H groups in total. The standard InChI is InChI=1S/C22H16F3N3O4/c1-30-21(29)11-14-4-2-5-15(10-14)31-18-9-8-16(12-17(18)22(23,24)25)32-20-7-3-6-19-27-26-13-28(19)20/h2-10,12-13H,11H2,1H3. The van der Waals surface area contributed by atoms with Crippen LogP contribution in [0.3, 0.4) is 0 Å². The van der Waals surface area contributed by atoms with Crippen LogP contribution in [-0.2, 0) is 22.1 Å². The molecule has 0 saturated heterocycles. The summed E-state index contributed by atoms with van der Waals surface area (Å²) in [5.41, 5.74) is 0.0273. The van der Waals surface area contributed by atoms with Gasteiger partial charge >= 0.3 is 12.1 Å². The molecule has 0 atom stereocenters. The highest BCUT2D eigenvalue weighted by Crippen LogP contribution is 2.41. The minimum Gasteiger partial charge on any atom is -0.469 e. The van der Waals surface area contributed by atoms with Crippen molar-refractivity contribution in [2.75, 3.05) is 7.11 Å². The molecular weight excluding hydrogens is 427 g/mol. The van der Waals surface area contributed by atoms with Gasteiger partial charge in [0.1, 0.15) is 29.1 Å². The van der Waals surface area contributed by atoms with E-state index in [1.807, 2.05) is 0 Å². The fourth-order valence-electron chi connectivity index (χ4n) is 3.00. The van der Waals surface area contributed by atoms with Crippen LogP contribution in [0.15, 0.2) is 67.0 Å². The number of alkyl halides is 3. The predicted octanol–water partition coefficient (Wildman–Crippen LogP) is 5.05. The summed E-state index contributed by atoms with van der Waals surface area (Å²) in [6.45, 7) is 0. The Labute approximate surface area is 180 Å². The lowest BCUT2D eigenvalue weighted by Crippen LogP contribution is -2.08. The number of fused-ring (bicyclic) bond motifs is 1. The number of nitrogens with zero attached hydrogens (tertiary/aromatic N) is 3. The second kappa shape index (κ2) is 8.58. The molecule has 0 radical (unpaired) electrons. The van der Waals surface area contributed by atoms with Crippen LogP contribution < -0.4 is 9.47 Å². The van der Waals surface area contributed by atoms with Gasteiger partial charge in [0.2, 0.25) is 5.88 Å². The highest BCUT2D eigenvalue weighted by Gasteiger charge is 2.35. The Kier molecular flexibility index (Phi) is 5.67. The lowest BCUT2D eigenvalue weighted by atomic mass is 10.1. The van der Waals surface area contributed by atoms with E-state index in [9.17, 15) is 18.0 Å². The van der Waals surface area contributed by atoms with Crippen LogP contribution in [0.2, 0.25) is 0 Å². The predicted molar refractivity (Wildman–Crippen MR) is 107 cm³/mol. The van der Waals surface area contributed by atoms with Gasteiger partial charge in [-0.25, -0.2) is 0 Å². The normalized spacial score (nSPS) is 11.4. The van der Waals surface area contributed by atoms with E-state index in [1.54, 1.807) is 30.3 Å². The molecule has 0 saturated carbocycles. The van der Waals surface area contributed by atoms with Gasteiger partial charge < -0.3 is 14.2 Å². The zero-order chi connectivity index (χ0) is 22.7. The lowest BCUT2D eigenvalue weighted by Gasteiger charge is -2.16. The summed E-state index contributed by atoms with van der Waals surface area (Å²) in [7, 11) is 1.26. The minimum absolute atomic E-state index is 0.0265. The van der Waals surface area contributed by atoms with Crippen molar-refractivity contribution in [3.8, 4) is 23.1 Å². The molecule has 0 spiro atoms. The van der Waals surface area contributed by atoms with E-state index in [-0.39, 0.29) is 23.8 Å². The van der Waals surface area contributed by atoms with Crippen LogP contribution in [0.4, 0.5) is 13.2 Å². The molecule has 0 unspecified atom stereocenters. The maximum atomic E-state index is 13.7. The van der Waals surface area contributed by atoms with Crippen molar-refractivity contribution in [2.24, 2.45) is 0 Å². The van der Waals surface area contributed by atoms with Crippen LogP contribution >= 0.6 is 0 Å². The maximum absolute atomic E-state index is 13.7. The van der Waals surface area contributed by atoms with Crippen LogP contribution in [0.1, 0.15) is 11.1 Å². The van der Waals surface area contributed by atoms with Gasteiger partial charge in [-0.2, -0.15) is 13.2 Å². The van der Waals surface area contributed by atoms with Gasteiger partial charge in [0.25, 0.3) is 0 Å². The Morgan fingerprint density at radius 2 is 1.78 bits per heavy atom. The second-order valence-corrected chi connectivity index (χ2v) is 6.68. The zero-order valence-electron chi connectivity index (χ0n) is 16.7. The fraction of sp³-hybridized carbons (Fsp3) is 0.136. The molecule has 4 aromatic rings. The Bertz CT molecular complexity index is 1270. The van der Waals surface area contributed by atoms with Crippen molar-refractivity contribution in [1.29, 1.82) is 0 Å². The molecule has 0 aliphatic rings. The largest absolute Gasteiger partial charge is 0.469 e. The first kappa shape index (κ1) is 21.2.